The average Bonchev–Trinajstić information content (AvgIpc) is 2.80. The minimum absolute atomic E-state index is 0.641. The van der Waals surface area contributed by atoms with Gasteiger partial charge in [-0.2, -0.15) is 17.2 Å². The van der Waals surface area contributed by atoms with Gasteiger partial charge in [-0.3, -0.25) is 0 Å². The van der Waals surface area contributed by atoms with Crippen molar-refractivity contribution >= 4 is 23.4 Å². The molecule has 0 spiro atoms. The summed E-state index contributed by atoms with van der Waals surface area (Å²) >= 11 is 8.32. The monoisotopic (exact) mass is 257 g/mol. The van der Waals surface area contributed by atoms with Crippen LogP contribution in [0.25, 0.3) is 0 Å². The molecule has 1 aliphatic heterocycles. The van der Waals surface area contributed by atoms with E-state index < -0.39 is 0 Å². The maximum Gasteiger partial charge on any atom is 0.0572 e. The van der Waals surface area contributed by atoms with Crippen LogP contribution in [0.15, 0.2) is 18.2 Å². The Labute approximate surface area is 106 Å². The molecule has 16 heavy (non-hydrogen) atoms. The normalized spacial score (nSPS) is 20.2. The second-order valence-electron chi connectivity index (χ2n) is 3.94. The lowest BCUT2D eigenvalue weighted by atomic mass is 9.97. The molecule has 0 saturated carbocycles. The number of thioether (sulfide) groups is 1. The predicted molar refractivity (Wildman–Crippen MR) is 70.0 cm³/mol. The van der Waals surface area contributed by atoms with Crippen molar-refractivity contribution in [3.05, 3.63) is 34.3 Å². The lowest BCUT2D eigenvalue weighted by Crippen LogP contribution is -2.11. The second kappa shape index (κ2) is 5.92. The molecular formula is C12H16ClNOS. The third kappa shape index (κ3) is 2.92. The van der Waals surface area contributed by atoms with Crippen LogP contribution in [0.3, 0.4) is 0 Å². The third-order valence-electron chi connectivity index (χ3n) is 2.86. The Morgan fingerprint density at radius 3 is 3.06 bits per heavy atom. The molecule has 2 rings (SSSR count). The summed E-state index contributed by atoms with van der Waals surface area (Å²) in [6.07, 6.45) is 1.25. The van der Waals surface area contributed by atoms with E-state index in [2.05, 4.69) is 17.6 Å². The van der Waals surface area contributed by atoms with E-state index in [1.807, 2.05) is 17.8 Å². The molecular weight excluding hydrogens is 242 g/mol. The van der Waals surface area contributed by atoms with E-state index in [0.29, 0.717) is 12.5 Å². The molecule has 1 saturated heterocycles. The fraction of sp³-hybridized carbons (Fsp3) is 0.500. The number of halogens is 1. The first-order valence-corrected chi connectivity index (χ1v) is 6.96. The summed E-state index contributed by atoms with van der Waals surface area (Å²) in [6.45, 7) is 0.690. The summed E-state index contributed by atoms with van der Waals surface area (Å²) in [4.78, 5) is 4.82. The summed E-state index contributed by atoms with van der Waals surface area (Å²) in [5.74, 6) is 3.10. The molecule has 0 bridgehead atoms. The van der Waals surface area contributed by atoms with Crippen LogP contribution < -0.4 is 5.48 Å². The summed E-state index contributed by atoms with van der Waals surface area (Å²) in [5.41, 5.74) is 5.27. The minimum Gasteiger partial charge on any atom is -0.305 e. The predicted octanol–water partition coefficient (Wildman–Crippen LogP) is 3.21. The van der Waals surface area contributed by atoms with Crippen LogP contribution in [0, 0.1) is 0 Å². The van der Waals surface area contributed by atoms with Gasteiger partial charge in [0.2, 0.25) is 0 Å². The van der Waals surface area contributed by atoms with Gasteiger partial charge in [0, 0.05) is 17.3 Å². The van der Waals surface area contributed by atoms with E-state index in [1.54, 1.807) is 7.11 Å². The molecule has 88 valence electrons. The van der Waals surface area contributed by atoms with Gasteiger partial charge in [-0.25, -0.2) is 0 Å². The zero-order valence-corrected chi connectivity index (χ0v) is 10.9. The Bertz CT molecular complexity index is 353. The smallest absolute Gasteiger partial charge is 0.0572 e. The molecule has 2 nitrogen and oxygen atoms in total. The van der Waals surface area contributed by atoms with Gasteiger partial charge in [0.1, 0.15) is 0 Å². The molecule has 1 aromatic rings. The maximum absolute atomic E-state index is 6.31. The molecule has 1 N–H and O–H groups in total. The molecule has 0 radical (unpaired) electrons. The van der Waals surface area contributed by atoms with Gasteiger partial charge in [0.05, 0.1) is 7.11 Å². The highest BCUT2D eigenvalue weighted by molar-refractivity contribution is 7.99. The fourth-order valence-electron chi connectivity index (χ4n) is 1.95. The first-order chi connectivity index (χ1) is 7.81. The summed E-state index contributed by atoms with van der Waals surface area (Å²) in [6, 6.07) is 6.31. The van der Waals surface area contributed by atoms with Crippen LogP contribution in [0.2, 0.25) is 5.02 Å². The van der Waals surface area contributed by atoms with E-state index >= 15 is 0 Å². The number of nitrogens with one attached hydrogen (secondary N) is 1. The van der Waals surface area contributed by atoms with Crippen LogP contribution >= 0.6 is 23.4 Å². The van der Waals surface area contributed by atoms with Crippen LogP contribution in [-0.2, 0) is 11.4 Å². The van der Waals surface area contributed by atoms with E-state index in [1.165, 1.54) is 23.5 Å². The number of rotatable bonds is 4. The third-order valence-corrected chi connectivity index (χ3v) is 4.34. The molecule has 1 heterocycles. The van der Waals surface area contributed by atoms with Crippen LogP contribution in [0.4, 0.5) is 0 Å². The topological polar surface area (TPSA) is 21.3 Å². The van der Waals surface area contributed by atoms with Gasteiger partial charge in [0.25, 0.3) is 0 Å². The summed E-state index contributed by atoms with van der Waals surface area (Å²) < 4.78 is 0. The molecule has 1 fully saturated rings. The van der Waals surface area contributed by atoms with Crippen molar-refractivity contribution < 1.29 is 4.84 Å². The Kier molecular flexibility index (Phi) is 4.53. The SMILES string of the molecule is CONCc1ccc(C2CCSC2)c(Cl)c1. The first-order valence-electron chi connectivity index (χ1n) is 5.43. The number of hydrogen-bond donors (Lipinski definition) is 1. The zero-order valence-electron chi connectivity index (χ0n) is 9.33. The molecule has 1 unspecified atom stereocenters. The number of hydrogen-bond acceptors (Lipinski definition) is 3. The molecule has 1 aromatic carbocycles. The lowest BCUT2D eigenvalue weighted by Gasteiger charge is -2.12. The van der Waals surface area contributed by atoms with Crippen molar-refractivity contribution in [2.45, 2.75) is 18.9 Å². The molecule has 0 aliphatic carbocycles. The Morgan fingerprint density at radius 1 is 1.56 bits per heavy atom. The van der Waals surface area contributed by atoms with E-state index in [-0.39, 0.29) is 0 Å². The van der Waals surface area contributed by atoms with Crippen LogP contribution in [0.5, 0.6) is 0 Å². The average molecular weight is 258 g/mol. The van der Waals surface area contributed by atoms with Crippen molar-refractivity contribution in [2.24, 2.45) is 0 Å². The molecule has 0 amide bonds. The number of hydroxylamine groups is 1. The first kappa shape index (κ1) is 12.2. The van der Waals surface area contributed by atoms with Gasteiger partial charge in [0.15, 0.2) is 0 Å². The van der Waals surface area contributed by atoms with E-state index in [0.717, 1.165) is 10.6 Å². The quantitative estimate of drug-likeness (QED) is 0.837. The fourth-order valence-corrected chi connectivity index (χ4v) is 3.55. The number of benzene rings is 1. The van der Waals surface area contributed by atoms with Gasteiger partial charge in [-0.1, -0.05) is 23.7 Å². The van der Waals surface area contributed by atoms with Crippen molar-refractivity contribution in [3.8, 4) is 0 Å². The van der Waals surface area contributed by atoms with Gasteiger partial charge in [-0.15, -0.1) is 0 Å². The van der Waals surface area contributed by atoms with Crippen molar-refractivity contribution in [1.29, 1.82) is 0 Å². The van der Waals surface area contributed by atoms with Gasteiger partial charge in [-0.05, 0) is 35.3 Å². The Hall–Kier alpha value is -0.220. The highest BCUT2D eigenvalue weighted by Crippen LogP contribution is 2.36. The molecule has 1 aliphatic rings. The van der Waals surface area contributed by atoms with E-state index in [4.69, 9.17) is 16.4 Å². The largest absolute Gasteiger partial charge is 0.305 e. The highest BCUT2D eigenvalue weighted by atomic mass is 35.5. The lowest BCUT2D eigenvalue weighted by molar-refractivity contribution is 0.0867. The van der Waals surface area contributed by atoms with E-state index in [9.17, 15) is 0 Å². The van der Waals surface area contributed by atoms with Gasteiger partial charge >= 0.3 is 0 Å². The van der Waals surface area contributed by atoms with Crippen molar-refractivity contribution in [2.75, 3.05) is 18.6 Å². The van der Waals surface area contributed by atoms with Gasteiger partial charge < -0.3 is 4.84 Å². The second-order valence-corrected chi connectivity index (χ2v) is 5.50. The standard InChI is InChI=1S/C12H16ClNOS/c1-15-14-7-9-2-3-11(12(13)6-9)10-4-5-16-8-10/h2-3,6,10,14H,4-5,7-8H2,1H3. The molecule has 0 aromatic heterocycles. The zero-order chi connectivity index (χ0) is 11.4. The highest BCUT2D eigenvalue weighted by Gasteiger charge is 2.19. The Morgan fingerprint density at radius 2 is 2.44 bits per heavy atom. The van der Waals surface area contributed by atoms with Crippen LogP contribution in [-0.4, -0.2) is 18.6 Å². The summed E-state index contributed by atoms with van der Waals surface area (Å²) in [5, 5.41) is 0.892. The molecule has 1 atom stereocenters. The Balaban J connectivity index is 2.09. The minimum atomic E-state index is 0.641. The van der Waals surface area contributed by atoms with Crippen molar-refractivity contribution in [3.63, 3.8) is 0 Å². The maximum atomic E-state index is 6.31. The van der Waals surface area contributed by atoms with Crippen molar-refractivity contribution in [1.82, 2.24) is 5.48 Å². The summed E-state index contributed by atoms with van der Waals surface area (Å²) in [7, 11) is 1.62. The molecule has 4 heteroatoms. The van der Waals surface area contributed by atoms with Crippen LogP contribution in [0.1, 0.15) is 23.5 Å².